The van der Waals surface area contributed by atoms with Crippen molar-refractivity contribution in [1.29, 1.82) is 0 Å². The number of carbonyl (C=O) groups is 2. The molecular formula is C23H23N3O4S. The van der Waals surface area contributed by atoms with Crippen molar-refractivity contribution >= 4 is 29.8 Å². The summed E-state index contributed by atoms with van der Waals surface area (Å²) in [6, 6.07) is 20.3. The molecule has 2 amide bonds. The number of amides is 2. The van der Waals surface area contributed by atoms with E-state index in [2.05, 4.69) is 15.8 Å². The number of thioether (sulfide) groups is 1. The maximum Gasteiger partial charge on any atom is 0.258 e. The third kappa shape index (κ3) is 7.67. The van der Waals surface area contributed by atoms with Gasteiger partial charge in [0.15, 0.2) is 6.61 Å². The number of nitrogens with zero attached hydrogens (tertiary/aromatic N) is 1. The van der Waals surface area contributed by atoms with E-state index in [1.54, 1.807) is 48.9 Å². The Balaban J connectivity index is 1.38. The van der Waals surface area contributed by atoms with Gasteiger partial charge < -0.3 is 14.5 Å². The molecule has 2 aromatic carbocycles. The number of hydrogen-bond donors (Lipinski definition) is 2. The van der Waals surface area contributed by atoms with Crippen LogP contribution in [0, 0.1) is 0 Å². The molecule has 0 saturated heterocycles. The van der Waals surface area contributed by atoms with Crippen molar-refractivity contribution in [1.82, 2.24) is 10.7 Å². The van der Waals surface area contributed by atoms with Crippen LogP contribution in [-0.4, -0.2) is 29.9 Å². The van der Waals surface area contributed by atoms with Crippen LogP contribution >= 0.6 is 11.8 Å². The zero-order chi connectivity index (χ0) is 21.9. The Morgan fingerprint density at radius 3 is 2.58 bits per heavy atom. The van der Waals surface area contributed by atoms with E-state index < -0.39 is 0 Å². The molecule has 1 heterocycles. The molecule has 0 aliphatic heterocycles. The lowest BCUT2D eigenvalue weighted by molar-refractivity contribution is -0.123. The summed E-state index contributed by atoms with van der Waals surface area (Å²) in [4.78, 5) is 25.0. The Hall–Kier alpha value is -3.52. The van der Waals surface area contributed by atoms with Crippen LogP contribution in [0.5, 0.6) is 5.75 Å². The van der Waals surface area contributed by atoms with E-state index in [1.807, 2.05) is 37.3 Å². The first-order valence-electron chi connectivity index (χ1n) is 9.67. The first-order chi connectivity index (χ1) is 15.1. The molecule has 0 fully saturated rings. The smallest absolute Gasteiger partial charge is 0.258 e. The minimum absolute atomic E-state index is 0.0961. The lowest BCUT2D eigenvalue weighted by Gasteiger charge is -2.09. The van der Waals surface area contributed by atoms with E-state index in [0.29, 0.717) is 18.1 Å². The topological polar surface area (TPSA) is 92.9 Å². The number of ether oxygens (including phenoxy) is 1. The van der Waals surface area contributed by atoms with Gasteiger partial charge in [-0.2, -0.15) is 5.10 Å². The zero-order valence-electron chi connectivity index (χ0n) is 17.0. The SMILES string of the molecule is C[C@@H](Sc1ccccc1)C(=O)N/N=C\c1ccc(OCC(=O)NCc2ccco2)cc1. The molecule has 7 nitrogen and oxygen atoms in total. The second kappa shape index (κ2) is 11.6. The molecule has 0 saturated carbocycles. The maximum atomic E-state index is 12.2. The highest BCUT2D eigenvalue weighted by Crippen LogP contribution is 2.22. The van der Waals surface area contributed by atoms with E-state index in [1.165, 1.54) is 11.8 Å². The van der Waals surface area contributed by atoms with Gasteiger partial charge in [-0.15, -0.1) is 11.8 Å². The lowest BCUT2D eigenvalue weighted by Crippen LogP contribution is -2.28. The highest BCUT2D eigenvalue weighted by Gasteiger charge is 2.13. The van der Waals surface area contributed by atoms with Crippen LogP contribution in [0.1, 0.15) is 18.2 Å². The Bertz CT molecular complexity index is 989. The van der Waals surface area contributed by atoms with E-state index in [-0.39, 0.29) is 23.7 Å². The molecule has 2 N–H and O–H groups in total. The van der Waals surface area contributed by atoms with Gasteiger partial charge in [0.05, 0.1) is 24.3 Å². The van der Waals surface area contributed by atoms with Crippen LogP contribution < -0.4 is 15.5 Å². The van der Waals surface area contributed by atoms with E-state index >= 15 is 0 Å². The van der Waals surface area contributed by atoms with Gasteiger partial charge in [-0.1, -0.05) is 18.2 Å². The molecule has 0 aliphatic carbocycles. The highest BCUT2D eigenvalue weighted by molar-refractivity contribution is 8.00. The zero-order valence-corrected chi connectivity index (χ0v) is 17.8. The Morgan fingerprint density at radius 2 is 1.87 bits per heavy atom. The van der Waals surface area contributed by atoms with Gasteiger partial charge >= 0.3 is 0 Å². The van der Waals surface area contributed by atoms with Crippen molar-refractivity contribution in [3.63, 3.8) is 0 Å². The summed E-state index contributed by atoms with van der Waals surface area (Å²) in [5, 5.41) is 6.44. The maximum absolute atomic E-state index is 12.2. The third-order valence-corrected chi connectivity index (χ3v) is 5.22. The number of hydrazone groups is 1. The molecule has 8 heteroatoms. The van der Waals surface area contributed by atoms with Crippen LogP contribution in [0.15, 0.2) is 87.4 Å². The summed E-state index contributed by atoms with van der Waals surface area (Å²) in [5.41, 5.74) is 3.34. The number of benzene rings is 2. The Kier molecular flexibility index (Phi) is 8.30. The molecule has 160 valence electrons. The lowest BCUT2D eigenvalue weighted by atomic mass is 10.2. The van der Waals surface area contributed by atoms with Gasteiger partial charge in [-0.3, -0.25) is 9.59 Å². The standard InChI is InChI=1S/C23H23N3O4S/c1-17(31-21-7-3-2-4-8-21)23(28)26-25-14-18-9-11-19(12-10-18)30-16-22(27)24-15-20-6-5-13-29-20/h2-14,17H,15-16H2,1H3,(H,24,27)(H,26,28)/b25-14-/t17-/m1/s1. The van der Waals surface area contributed by atoms with Gasteiger partial charge in [0.1, 0.15) is 11.5 Å². The number of carbonyl (C=O) groups excluding carboxylic acids is 2. The molecule has 0 bridgehead atoms. The second-order valence-corrected chi connectivity index (χ2v) is 7.94. The summed E-state index contributed by atoms with van der Waals surface area (Å²) in [6.07, 6.45) is 3.11. The molecule has 0 radical (unpaired) electrons. The minimum Gasteiger partial charge on any atom is -0.484 e. The first kappa shape index (κ1) is 22.2. The van der Waals surface area contributed by atoms with Crippen molar-refractivity contribution in [2.45, 2.75) is 23.6 Å². The molecule has 3 rings (SSSR count). The van der Waals surface area contributed by atoms with Gasteiger partial charge in [0.25, 0.3) is 11.8 Å². The Labute approximate surface area is 184 Å². The molecule has 0 spiro atoms. The van der Waals surface area contributed by atoms with Crippen LogP contribution in [-0.2, 0) is 16.1 Å². The van der Waals surface area contributed by atoms with Crippen molar-refractivity contribution < 1.29 is 18.7 Å². The minimum atomic E-state index is -0.269. The summed E-state index contributed by atoms with van der Waals surface area (Å²) < 4.78 is 10.6. The van der Waals surface area contributed by atoms with Crippen molar-refractivity contribution in [2.24, 2.45) is 5.10 Å². The molecule has 0 unspecified atom stereocenters. The van der Waals surface area contributed by atoms with E-state index in [4.69, 9.17) is 9.15 Å². The predicted molar refractivity (Wildman–Crippen MR) is 120 cm³/mol. The fraction of sp³-hybridized carbons (Fsp3) is 0.174. The summed E-state index contributed by atoms with van der Waals surface area (Å²) in [7, 11) is 0. The van der Waals surface area contributed by atoms with Crippen molar-refractivity contribution in [2.75, 3.05) is 6.61 Å². The molecule has 1 atom stereocenters. The van der Waals surface area contributed by atoms with Crippen LogP contribution in [0.3, 0.4) is 0 Å². The predicted octanol–water partition coefficient (Wildman–Crippen LogP) is 3.61. The average molecular weight is 438 g/mol. The van der Waals surface area contributed by atoms with Crippen molar-refractivity contribution in [3.8, 4) is 5.75 Å². The summed E-state index contributed by atoms with van der Waals surface area (Å²) in [6.45, 7) is 2.05. The number of furan rings is 1. The van der Waals surface area contributed by atoms with E-state index in [9.17, 15) is 9.59 Å². The second-order valence-electron chi connectivity index (χ2n) is 6.52. The van der Waals surface area contributed by atoms with Gasteiger partial charge in [0, 0.05) is 4.90 Å². The third-order valence-electron chi connectivity index (χ3n) is 4.10. The number of nitrogens with one attached hydrogen (secondary N) is 2. The summed E-state index contributed by atoms with van der Waals surface area (Å²) in [5.74, 6) is 0.817. The fourth-order valence-corrected chi connectivity index (χ4v) is 3.35. The largest absolute Gasteiger partial charge is 0.484 e. The van der Waals surface area contributed by atoms with Gasteiger partial charge in [0.2, 0.25) is 0 Å². The number of hydrogen-bond acceptors (Lipinski definition) is 6. The highest BCUT2D eigenvalue weighted by atomic mass is 32.2. The average Bonchev–Trinajstić information content (AvgIpc) is 3.31. The quantitative estimate of drug-likeness (QED) is 0.287. The Morgan fingerprint density at radius 1 is 1.10 bits per heavy atom. The first-order valence-corrected chi connectivity index (χ1v) is 10.5. The van der Waals surface area contributed by atoms with Crippen LogP contribution in [0.25, 0.3) is 0 Å². The van der Waals surface area contributed by atoms with Crippen molar-refractivity contribution in [3.05, 3.63) is 84.3 Å². The summed E-state index contributed by atoms with van der Waals surface area (Å²) >= 11 is 1.47. The van der Waals surface area contributed by atoms with Gasteiger partial charge in [-0.25, -0.2) is 5.43 Å². The normalized spacial score (nSPS) is 11.8. The van der Waals surface area contributed by atoms with Crippen LogP contribution in [0.4, 0.5) is 0 Å². The molecule has 3 aromatic rings. The fourth-order valence-electron chi connectivity index (χ4n) is 2.47. The number of rotatable bonds is 10. The monoisotopic (exact) mass is 437 g/mol. The molecule has 31 heavy (non-hydrogen) atoms. The van der Waals surface area contributed by atoms with Gasteiger partial charge in [-0.05, 0) is 61.0 Å². The van der Waals surface area contributed by atoms with E-state index in [0.717, 1.165) is 10.5 Å². The molecule has 1 aromatic heterocycles. The van der Waals surface area contributed by atoms with Crippen LogP contribution in [0.2, 0.25) is 0 Å². The molecular weight excluding hydrogens is 414 g/mol. The molecule has 0 aliphatic rings.